The summed E-state index contributed by atoms with van der Waals surface area (Å²) >= 11 is 0. The third-order valence-corrected chi connectivity index (χ3v) is 4.75. The molecule has 0 heterocycles. The van der Waals surface area contributed by atoms with Gasteiger partial charge in [-0.25, -0.2) is 4.79 Å². The predicted octanol–water partition coefficient (Wildman–Crippen LogP) is 5.49. The average Bonchev–Trinajstić information content (AvgIpc) is 2.72. The Labute approximate surface area is 162 Å². The predicted molar refractivity (Wildman–Crippen MR) is 113 cm³/mol. The minimum absolute atomic E-state index is 0.447. The topological polar surface area (TPSA) is 58.9 Å². The van der Waals surface area contributed by atoms with Crippen LogP contribution in [0.4, 0.5) is 0 Å². The SMILES string of the molecule is C/C(=N\OCC(=O)O)c1ccc(-c2c3ccccc3cc3ccccc23)cc1. The Balaban J connectivity index is 1.79. The van der Waals surface area contributed by atoms with Gasteiger partial charge in [0.2, 0.25) is 6.61 Å². The van der Waals surface area contributed by atoms with E-state index >= 15 is 0 Å². The van der Waals surface area contributed by atoms with Crippen LogP contribution in [0.2, 0.25) is 0 Å². The Morgan fingerprint density at radius 2 is 1.46 bits per heavy atom. The number of benzene rings is 4. The first-order valence-corrected chi connectivity index (χ1v) is 9.03. The zero-order chi connectivity index (χ0) is 19.5. The molecule has 0 aromatic heterocycles. The number of carbonyl (C=O) groups is 1. The van der Waals surface area contributed by atoms with E-state index in [2.05, 4.69) is 71.9 Å². The number of nitrogens with zero attached hydrogens (tertiary/aromatic N) is 1. The summed E-state index contributed by atoms with van der Waals surface area (Å²) in [5.41, 5.74) is 3.85. The highest BCUT2D eigenvalue weighted by Gasteiger charge is 2.10. The van der Waals surface area contributed by atoms with Crippen LogP contribution in [0.5, 0.6) is 0 Å². The highest BCUT2D eigenvalue weighted by molar-refractivity contribution is 6.12. The highest BCUT2D eigenvalue weighted by atomic mass is 16.6. The summed E-state index contributed by atoms with van der Waals surface area (Å²) < 4.78 is 0. The number of hydrogen-bond acceptors (Lipinski definition) is 3. The fourth-order valence-corrected chi connectivity index (χ4v) is 3.44. The molecule has 4 rings (SSSR count). The van der Waals surface area contributed by atoms with Gasteiger partial charge < -0.3 is 9.94 Å². The summed E-state index contributed by atoms with van der Waals surface area (Å²) in [4.78, 5) is 15.4. The van der Waals surface area contributed by atoms with Crippen LogP contribution in [-0.4, -0.2) is 23.4 Å². The van der Waals surface area contributed by atoms with Crippen molar-refractivity contribution in [2.45, 2.75) is 6.92 Å². The second-order valence-electron chi connectivity index (χ2n) is 6.62. The Hall–Kier alpha value is -3.66. The van der Waals surface area contributed by atoms with E-state index in [4.69, 9.17) is 9.94 Å². The van der Waals surface area contributed by atoms with Gasteiger partial charge >= 0.3 is 5.97 Å². The molecule has 0 unspecified atom stereocenters. The average molecular weight is 369 g/mol. The van der Waals surface area contributed by atoms with Gasteiger partial charge in [0.1, 0.15) is 0 Å². The maximum absolute atomic E-state index is 10.5. The van der Waals surface area contributed by atoms with Crippen LogP contribution in [0.15, 0.2) is 84.0 Å². The minimum atomic E-state index is -1.05. The molecular weight excluding hydrogens is 350 g/mol. The van der Waals surface area contributed by atoms with Crippen molar-refractivity contribution in [3.05, 3.63) is 84.4 Å². The molecule has 0 bridgehead atoms. The highest BCUT2D eigenvalue weighted by Crippen LogP contribution is 2.36. The molecule has 0 aliphatic carbocycles. The number of aliphatic carboxylic acids is 1. The quantitative estimate of drug-likeness (QED) is 0.288. The first-order chi connectivity index (χ1) is 13.6. The van der Waals surface area contributed by atoms with Crippen LogP contribution in [0.1, 0.15) is 12.5 Å². The molecular formula is C24H19NO3. The summed E-state index contributed by atoms with van der Waals surface area (Å²) in [7, 11) is 0. The molecule has 0 amide bonds. The van der Waals surface area contributed by atoms with Gasteiger partial charge in [0.15, 0.2) is 0 Å². The molecule has 4 nitrogen and oxygen atoms in total. The normalized spacial score (nSPS) is 11.7. The lowest BCUT2D eigenvalue weighted by Crippen LogP contribution is -2.05. The zero-order valence-corrected chi connectivity index (χ0v) is 15.4. The molecule has 0 radical (unpaired) electrons. The number of rotatable bonds is 5. The van der Waals surface area contributed by atoms with Gasteiger partial charge in [-0.2, -0.15) is 0 Å². The van der Waals surface area contributed by atoms with Gasteiger partial charge in [0.05, 0.1) is 5.71 Å². The van der Waals surface area contributed by atoms with E-state index < -0.39 is 12.6 Å². The molecule has 0 aliphatic heterocycles. The lowest BCUT2D eigenvalue weighted by molar-refractivity contribution is -0.142. The smallest absolute Gasteiger partial charge is 0.344 e. The summed E-state index contributed by atoms with van der Waals surface area (Å²) in [5.74, 6) is -1.05. The lowest BCUT2D eigenvalue weighted by Gasteiger charge is -2.12. The fraction of sp³-hybridized carbons (Fsp3) is 0.0833. The van der Waals surface area contributed by atoms with Crippen LogP contribution in [0.3, 0.4) is 0 Å². The first kappa shape index (κ1) is 17.7. The van der Waals surface area contributed by atoms with Crippen molar-refractivity contribution in [2.24, 2.45) is 5.16 Å². The van der Waals surface area contributed by atoms with E-state index in [1.807, 2.05) is 12.1 Å². The van der Waals surface area contributed by atoms with Crippen molar-refractivity contribution in [1.29, 1.82) is 0 Å². The number of oxime groups is 1. The molecule has 0 fully saturated rings. The van der Waals surface area contributed by atoms with Crippen molar-refractivity contribution in [3.8, 4) is 11.1 Å². The van der Waals surface area contributed by atoms with E-state index in [1.54, 1.807) is 6.92 Å². The second kappa shape index (κ2) is 7.53. The van der Waals surface area contributed by atoms with Gasteiger partial charge in [-0.15, -0.1) is 0 Å². The van der Waals surface area contributed by atoms with Gasteiger partial charge in [0, 0.05) is 0 Å². The lowest BCUT2D eigenvalue weighted by atomic mass is 9.91. The molecule has 4 aromatic carbocycles. The van der Waals surface area contributed by atoms with Crippen molar-refractivity contribution in [3.63, 3.8) is 0 Å². The number of carboxylic acid groups (broad SMARTS) is 1. The Bertz CT molecular complexity index is 1140. The third-order valence-electron chi connectivity index (χ3n) is 4.75. The molecule has 0 saturated heterocycles. The van der Waals surface area contributed by atoms with E-state index in [0.29, 0.717) is 5.71 Å². The summed E-state index contributed by atoms with van der Waals surface area (Å²) in [6.45, 7) is 1.35. The Morgan fingerprint density at radius 1 is 0.893 bits per heavy atom. The molecule has 28 heavy (non-hydrogen) atoms. The zero-order valence-electron chi connectivity index (χ0n) is 15.4. The third kappa shape index (κ3) is 3.45. The number of fused-ring (bicyclic) bond motifs is 2. The maximum Gasteiger partial charge on any atom is 0.344 e. The molecule has 4 aromatic rings. The van der Waals surface area contributed by atoms with Crippen LogP contribution >= 0.6 is 0 Å². The van der Waals surface area contributed by atoms with E-state index in [0.717, 1.165) is 11.1 Å². The van der Waals surface area contributed by atoms with Crippen molar-refractivity contribution < 1.29 is 14.7 Å². The van der Waals surface area contributed by atoms with Crippen molar-refractivity contribution in [2.75, 3.05) is 6.61 Å². The Kier molecular flexibility index (Phi) is 4.77. The molecule has 0 saturated carbocycles. The van der Waals surface area contributed by atoms with Crippen LogP contribution in [0.25, 0.3) is 32.7 Å². The van der Waals surface area contributed by atoms with Crippen LogP contribution in [-0.2, 0) is 9.63 Å². The van der Waals surface area contributed by atoms with E-state index in [-0.39, 0.29) is 0 Å². The van der Waals surface area contributed by atoms with Gasteiger partial charge in [0.25, 0.3) is 0 Å². The van der Waals surface area contributed by atoms with Crippen LogP contribution < -0.4 is 0 Å². The minimum Gasteiger partial charge on any atom is -0.479 e. The molecule has 0 atom stereocenters. The largest absolute Gasteiger partial charge is 0.479 e. The molecule has 0 aliphatic rings. The van der Waals surface area contributed by atoms with E-state index in [1.165, 1.54) is 27.1 Å². The molecule has 138 valence electrons. The van der Waals surface area contributed by atoms with Gasteiger partial charge in [-0.05, 0) is 51.2 Å². The fourth-order valence-electron chi connectivity index (χ4n) is 3.44. The molecule has 4 heteroatoms. The van der Waals surface area contributed by atoms with Gasteiger partial charge in [-0.1, -0.05) is 78.0 Å². The molecule has 0 spiro atoms. The standard InChI is InChI=1S/C24H19NO3/c1-16(25-28-15-23(26)27)17-10-12-18(13-11-17)24-21-8-4-2-6-19(21)14-20-7-3-5-9-22(20)24/h2-14H,15H2,1H3,(H,26,27)/b25-16+. The van der Waals surface area contributed by atoms with Crippen molar-refractivity contribution in [1.82, 2.24) is 0 Å². The Morgan fingerprint density at radius 3 is 2.04 bits per heavy atom. The summed E-state index contributed by atoms with van der Waals surface area (Å²) in [5, 5.41) is 17.4. The maximum atomic E-state index is 10.5. The number of hydrogen-bond donors (Lipinski definition) is 1. The molecule has 1 N–H and O–H groups in total. The van der Waals surface area contributed by atoms with E-state index in [9.17, 15) is 4.79 Å². The summed E-state index contributed by atoms with van der Waals surface area (Å²) in [6.07, 6.45) is 0. The first-order valence-electron chi connectivity index (χ1n) is 9.03. The van der Waals surface area contributed by atoms with Crippen LogP contribution in [0, 0.1) is 0 Å². The van der Waals surface area contributed by atoms with Crippen molar-refractivity contribution >= 4 is 33.2 Å². The monoisotopic (exact) mass is 369 g/mol. The summed E-state index contributed by atoms with van der Waals surface area (Å²) in [6, 6.07) is 27.1. The second-order valence-corrected chi connectivity index (χ2v) is 6.62. The number of carboxylic acids is 1. The van der Waals surface area contributed by atoms with Gasteiger partial charge in [-0.3, -0.25) is 0 Å².